The number of carbonyl (C=O) groups is 3. The second-order valence-corrected chi connectivity index (χ2v) is 3.44. The molecule has 0 saturated carbocycles. The minimum absolute atomic E-state index is 0.118. The van der Waals surface area contributed by atoms with Crippen LogP contribution in [0.4, 0.5) is 0 Å². The van der Waals surface area contributed by atoms with Crippen molar-refractivity contribution in [2.45, 2.75) is 0 Å². The second kappa shape index (κ2) is 6.69. The Morgan fingerprint density at radius 1 is 1.33 bits per heavy atom. The van der Waals surface area contributed by atoms with Crippen LogP contribution in [0.2, 0.25) is 0 Å². The van der Waals surface area contributed by atoms with Crippen molar-refractivity contribution >= 4 is 17.7 Å². The molecule has 9 nitrogen and oxygen atoms in total. The molecule has 0 atom stereocenters. The van der Waals surface area contributed by atoms with Crippen LogP contribution < -0.4 is 16.0 Å². The average molecular weight is 257 g/mol. The molecule has 1 rings (SSSR count). The van der Waals surface area contributed by atoms with Gasteiger partial charge in [-0.05, 0) is 7.05 Å². The standard InChI is InChI=1S/C9H15N5O4/c1-10-4-7(15)11-5-8(16)12-6-14(18)13-3-2-9(13)17/h2-3,10,18H,4-6H2,1H3,(H,11,15)(H,12,16). The summed E-state index contributed by atoms with van der Waals surface area (Å²) in [5.41, 5.74) is 0. The second-order valence-electron chi connectivity index (χ2n) is 3.44. The fourth-order valence-electron chi connectivity index (χ4n) is 1.09. The summed E-state index contributed by atoms with van der Waals surface area (Å²) in [5, 5.41) is 18.1. The number of rotatable bonds is 7. The molecule has 1 heterocycles. The van der Waals surface area contributed by atoms with Gasteiger partial charge in [-0.2, -0.15) is 0 Å². The van der Waals surface area contributed by atoms with E-state index in [9.17, 15) is 19.6 Å². The Balaban J connectivity index is 2.15. The summed E-state index contributed by atoms with van der Waals surface area (Å²) < 4.78 is 0. The Hall–Kier alpha value is -1.97. The van der Waals surface area contributed by atoms with E-state index in [0.29, 0.717) is 5.17 Å². The van der Waals surface area contributed by atoms with Gasteiger partial charge in [-0.25, -0.2) is 5.01 Å². The lowest BCUT2D eigenvalue weighted by Gasteiger charge is -2.29. The van der Waals surface area contributed by atoms with Crippen molar-refractivity contribution in [1.82, 2.24) is 26.1 Å². The van der Waals surface area contributed by atoms with E-state index in [-0.39, 0.29) is 31.6 Å². The van der Waals surface area contributed by atoms with Gasteiger partial charge in [0.1, 0.15) is 6.67 Å². The number of carbonyl (C=O) groups excluding carboxylic acids is 3. The van der Waals surface area contributed by atoms with Crippen LogP contribution in [0.1, 0.15) is 0 Å². The summed E-state index contributed by atoms with van der Waals surface area (Å²) in [5.74, 6) is -1.17. The van der Waals surface area contributed by atoms with E-state index in [1.807, 2.05) is 0 Å². The first-order chi connectivity index (χ1) is 8.54. The molecule has 0 radical (unpaired) electrons. The molecule has 9 heteroatoms. The van der Waals surface area contributed by atoms with Crippen LogP contribution in [0, 0.1) is 0 Å². The van der Waals surface area contributed by atoms with Gasteiger partial charge < -0.3 is 16.0 Å². The lowest BCUT2D eigenvalue weighted by molar-refractivity contribution is -0.229. The van der Waals surface area contributed by atoms with Crippen molar-refractivity contribution in [1.29, 1.82) is 0 Å². The van der Waals surface area contributed by atoms with Gasteiger partial charge in [0.2, 0.25) is 11.8 Å². The Morgan fingerprint density at radius 2 is 2.00 bits per heavy atom. The quantitative estimate of drug-likeness (QED) is 0.293. The molecule has 0 aromatic rings. The highest BCUT2D eigenvalue weighted by molar-refractivity contribution is 5.93. The number of nitrogens with one attached hydrogen (secondary N) is 3. The molecule has 0 aromatic carbocycles. The summed E-state index contributed by atoms with van der Waals surface area (Å²) in [6.07, 6.45) is 2.62. The van der Waals surface area contributed by atoms with Gasteiger partial charge in [0.05, 0.1) is 13.1 Å². The van der Waals surface area contributed by atoms with Crippen LogP contribution >= 0.6 is 0 Å². The first-order valence-corrected chi connectivity index (χ1v) is 5.20. The Kier molecular flexibility index (Phi) is 5.24. The third-order valence-electron chi connectivity index (χ3n) is 2.03. The lowest BCUT2D eigenvalue weighted by atomic mass is 10.4. The molecular weight excluding hydrogens is 242 g/mol. The number of hydrogen-bond acceptors (Lipinski definition) is 6. The van der Waals surface area contributed by atoms with E-state index in [0.717, 1.165) is 5.01 Å². The van der Waals surface area contributed by atoms with Gasteiger partial charge in [-0.3, -0.25) is 19.6 Å². The minimum Gasteiger partial charge on any atom is -0.346 e. The van der Waals surface area contributed by atoms with E-state index in [1.54, 1.807) is 7.05 Å². The summed E-state index contributed by atoms with van der Waals surface area (Å²) in [7, 11) is 1.61. The monoisotopic (exact) mass is 257 g/mol. The average Bonchev–Trinajstić information content (AvgIpc) is 2.32. The fraction of sp³-hybridized carbons (Fsp3) is 0.444. The van der Waals surface area contributed by atoms with Crippen molar-refractivity contribution in [2.24, 2.45) is 0 Å². The maximum atomic E-state index is 11.3. The molecule has 0 saturated heterocycles. The molecular formula is C9H15N5O4. The molecule has 0 unspecified atom stereocenters. The van der Waals surface area contributed by atoms with Crippen molar-refractivity contribution in [3.05, 3.63) is 12.3 Å². The first kappa shape index (κ1) is 14.1. The van der Waals surface area contributed by atoms with Crippen molar-refractivity contribution in [3.63, 3.8) is 0 Å². The number of amides is 3. The lowest BCUT2D eigenvalue weighted by Crippen LogP contribution is -2.50. The van der Waals surface area contributed by atoms with Gasteiger partial charge in [0, 0.05) is 12.3 Å². The van der Waals surface area contributed by atoms with Gasteiger partial charge >= 0.3 is 0 Å². The van der Waals surface area contributed by atoms with E-state index in [1.165, 1.54) is 12.3 Å². The highest BCUT2D eigenvalue weighted by Gasteiger charge is 2.22. The molecule has 1 aliphatic rings. The number of hydroxylamine groups is 1. The largest absolute Gasteiger partial charge is 0.346 e. The summed E-state index contributed by atoms with van der Waals surface area (Å²) >= 11 is 0. The van der Waals surface area contributed by atoms with Crippen LogP contribution in [0.25, 0.3) is 0 Å². The molecule has 18 heavy (non-hydrogen) atoms. The number of hydrazine groups is 1. The zero-order valence-electron chi connectivity index (χ0n) is 9.84. The van der Waals surface area contributed by atoms with E-state index >= 15 is 0 Å². The summed E-state index contributed by atoms with van der Waals surface area (Å²) in [6, 6.07) is 0. The smallest absolute Gasteiger partial charge is 0.268 e. The molecule has 0 aromatic heterocycles. The SMILES string of the molecule is CNCC(=O)NCC(=O)NCN(O)N1C=CC1=O. The van der Waals surface area contributed by atoms with Crippen molar-refractivity contribution in [2.75, 3.05) is 26.8 Å². The van der Waals surface area contributed by atoms with E-state index in [4.69, 9.17) is 0 Å². The minimum atomic E-state index is -0.476. The van der Waals surface area contributed by atoms with Crippen molar-refractivity contribution < 1.29 is 19.6 Å². The molecule has 0 fully saturated rings. The number of likely N-dealkylation sites (N-methyl/N-ethyl adjacent to an activating group) is 1. The summed E-state index contributed by atoms with van der Waals surface area (Å²) in [6.45, 7) is -0.332. The van der Waals surface area contributed by atoms with Gasteiger partial charge in [0.25, 0.3) is 5.91 Å². The molecule has 4 N–H and O–H groups in total. The molecule has 100 valence electrons. The normalized spacial score (nSPS) is 13.5. The predicted molar refractivity (Wildman–Crippen MR) is 59.6 cm³/mol. The van der Waals surface area contributed by atoms with Gasteiger partial charge in [-0.15, -0.1) is 0 Å². The number of hydrogen-bond donors (Lipinski definition) is 4. The molecule has 1 aliphatic heterocycles. The Labute approximate surface area is 103 Å². The number of nitrogens with zero attached hydrogens (tertiary/aromatic N) is 2. The van der Waals surface area contributed by atoms with Crippen LogP contribution in [-0.2, 0) is 14.4 Å². The topological polar surface area (TPSA) is 114 Å². The predicted octanol–water partition coefficient (Wildman–Crippen LogP) is -2.64. The highest BCUT2D eigenvalue weighted by Crippen LogP contribution is 2.05. The molecule has 0 bridgehead atoms. The van der Waals surface area contributed by atoms with Crippen LogP contribution in [-0.4, -0.2) is 59.9 Å². The molecule has 0 aliphatic carbocycles. The Morgan fingerprint density at radius 3 is 2.50 bits per heavy atom. The first-order valence-electron chi connectivity index (χ1n) is 5.20. The van der Waals surface area contributed by atoms with E-state index < -0.39 is 5.91 Å². The zero-order valence-corrected chi connectivity index (χ0v) is 9.84. The molecule has 3 amide bonds. The van der Waals surface area contributed by atoms with Gasteiger partial charge in [0.15, 0.2) is 0 Å². The zero-order chi connectivity index (χ0) is 13.5. The molecule has 0 spiro atoms. The fourth-order valence-corrected chi connectivity index (χ4v) is 1.09. The van der Waals surface area contributed by atoms with Crippen molar-refractivity contribution in [3.8, 4) is 0 Å². The third-order valence-corrected chi connectivity index (χ3v) is 2.03. The van der Waals surface area contributed by atoms with Gasteiger partial charge in [-0.1, -0.05) is 5.17 Å². The third kappa shape index (κ3) is 4.13. The van der Waals surface area contributed by atoms with Crippen LogP contribution in [0.3, 0.4) is 0 Å². The summed E-state index contributed by atoms with van der Waals surface area (Å²) in [4.78, 5) is 33.1. The van der Waals surface area contributed by atoms with E-state index in [2.05, 4.69) is 16.0 Å². The maximum absolute atomic E-state index is 11.3. The van der Waals surface area contributed by atoms with Crippen LogP contribution in [0.5, 0.6) is 0 Å². The van der Waals surface area contributed by atoms with Crippen LogP contribution in [0.15, 0.2) is 12.3 Å². The highest BCUT2D eigenvalue weighted by atomic mass is 16.6. The maximum Gasteiger partial charge on any atom is 0.268 e. The Bertz CT molecular complexity index is 370.